The molecule has 0 aliphatic carbocycles. The summed E-state index contributed by atoms with van der Waals surface area (Å²) < 4.78 is 36.7. The van der Waals surface area contributed by atoms with Gasteiger partial charge in [0.05, 0.1) is 17.7 Å². The van der Waals surface area contributed by atoms with Crippen molar-refractivity contribution in [2.75, 3.05) is 5.32 Å². The molecule has 0 radical (unpaired) electrons. The molecule has 0 bridgehead atoms. The lowest BCUT2D eigenvalue weighted by molar-refractivity contribution is -0.432. The van der Waals surface area contributed by atoms with E-state index in [0.29, 0.717) is 16.9 Å². The normalized spacial score (nSPS) is 11.7. The SMILES string of the molecule is Cc1ccc(N=Nc2cc(SOOO)ccc2S(=O)(=O)O)c(NC(N)=O)c1. The third kappa shape index (κ3) is 5.99. The first-order chi connectivity index (χ1) is 12.7. The van der Waals surface area contributed by atoms with Crippen LogP contribution in [0.5, 0.6) is 0 Å². The number of urea groups is 1. The van der Waals surface area contributed by atoms with Crippen LogP contribution < -0.4 is 11.1 Å². The van der Waals surface area contributed by atoms with Gasteiger partial charge < -0.3 is 11.1 Å². The van der Waals surface area contributed by atoms with E-state index in [1.807, 2.05) is 0 Å². The molecule has 0 heterocycles. The van der Waals surface area contributed by atoms with Crippen molar-refractivity contribution < 1.29 is 32.4 Å². The number of primary amides is 1. The number of carbonyl (C=O) groups is 1. The number of aryl methyl sites for hydroxylation is 1. The highest BCUT2D eigenvalue weighted by Gasteiger charge is 2.17. The first-order valence-corrected chi connectivity index (χ1v) is 9.24. The van der Waals surface area contributed by atoms with Crippen LogP contribution in [0, 0.1) is 6.92 Å². The van der Waals surface area contributed by atoms with E-state index >= 15 is 0 Å². The van der Waals surface area contributed by atoms with Crippen LogP contribution in [0.25, 0.3) is 0 Å². The summed E-state index contributed by atoms with van der Waals surface area (Å²) >= 11 is 0.565. The summed E-state index contributed by atoms with van der Waals surface area (Å²) in [5.74, 6) is 0. The number of rotatable bonds is 7. The van der Waals surface area contributed by atoms with Crippen LogP contribution in [0.2, 0.25) is 0 Å². The fourth-order valence-corrected chi connectivity index (χ4v) is 2.97. The molecule has 0 spiro atoms. The third-order valence-electron chi connectivity index (χ3n) is 3.04. The molecule has 11 nitrogen and oxygen atoms in total. The molecule has 0 saturated carbocycles. The number of nitrogens with zero attached hydrogens (tertiary/aromatic N) is 2. The Morgan fingerprint density at radius 2 is 1.89 bits per heavy atom. The molecule has 0 aromatic heterocycles. The molecule has 0 aliphatic rings. The monoisotopic (exact) mass is 414 g/mol. The van der Waals surface area contributed by atoms with Gasteiger partial charge in [0, 0.05) is 4.90 Å². The molecule has 0 fully saturated rings. The highest BCUT2D eigenvalue weighted by atomic mass is 32.2. The summed E-state index contributed by atoms with van der Waals surface area (Å²) in [5.41, 5.74) is 6.19. The number of carbonyl (C=O) groups excluding carboxylic acids is 1. The second-order valence-corrected chi connectivity index (χ2v) is 7.20. The fraction of sp³-hybridized carbons (Fsp3) is 0.0714. The third-order valence-corrected chi connectivity index (χ3v) is 4.52. The van der Waals surface area contributed by atoms with E-state index in [9.17, 15) is 17.8 Å². The molecule has 0 unspecified atom stereocenters. The summed E-state index contributed by atoms with van der Waals surface area (Å²) in [4.78, 5) is 10.9. The average Bonchev–Trinajstić information content (AvgIpc) is 2.58. The van der Waals surface area contributed by atoms with Gasteiger partial charge in [0.25, 0.3) is 10.1 Å². The summed E-state index contributed by atoms with van der Waals surface area (Å²) in [7, 11) is -4.59. The van der Waals surface area contributed by atoms with Gasteiger partial charge >= 0.3 is 6.03 Å². The Kier molecular flexibility index (Phi) is 6.84. The minimum absolute atomic E-state index is 0.202. The van der Waals surface area contributed by atoms with E-state index in [4.69, 9.17) is 11.0 Å². The Labute approximate surface area is 158 Å². The molecule has 2 aromatic rings. The number of benzene rings is 2. The van der Waals surface area contributed by atoms with Gasteiger partial charge in [-0.3, -0.25) is 4.55 Å². The van der Waals surface area contributed by atoms with Gasteiger partial charge in [-0.2, -0.15) is 8.42 Å². The van der Waals surface area contributed by atoms with E-state index in [1.165, 1.54) is 12.1 Å². The second-order valence-electron chi connectivity index (χ2n) is 5.04. The molecule has 5 N–H and O–H groups in total. The molecule has 0 atom stereocenters. The first-order valence-electron chi connectivity index (χ1n) is 7.06. The van der Waals surface area contributed by atoms with Crippen LogP contribution in [-0.2, 0) is 19.5 Å². The molecule has 0 aliphatic heterocycles. The maximum atomic E-state index is 11.5. The van der Waals surface area contributed by atoms with Crippen molar-refractivity contribution in [3.8, 4) is 0 Å². The Bertz CT molecular complexity index is 979. The summed E-state index contributed by atoms with van der Waals surface area (Å²) in [5, 5.41) is 21.8. The molecular formula is C14H14N4O7S2. The Balaban J connectivity index is 2.47. The maximum absolute atomic E-state index is 11.5. The lowest BCUT2D eigenvalue weighted by Crippen LogP contribution is -2.19. The van der Waals surface area contributed by atoms with Crippen LogP contribution in [0.3, 0.4) is 0 Å². The van der Waals surface area contributed by atoms with Crippen LogP contribution >= 0.6 is 12.0 Å². The number of nitrogens with two attached hydrogens (primary N) is 1. The van der Waals surface area contributed by atoms with Crippen molar-refractivity contribution in [3.63, 3.8) is 0 Å². The van der Waals surface area contributed by atoms with E-state index in [1.54, 1.807) is 25.1 Å². The van der Waals surface area contributed by atoms with E-state index in [-0.39, 0.29) is 17.1 Å². The molecule has 0 saturated heterocycles. The second kappa shape index (κ2) is 8.90. The average molecular weight is 414 g/mol. The van der Waals surface area contributed by atoms with Gasteiger partial charge in [-0.05, 0) is 42.8 Å². The quantitative estimate of drug-likeness (QED) is 0.175. The summed E-state index contributed by atoms with van der Waals surface area (Å²) in [6.45, 7) is 1.79. The topological polar surface area (TPSA) is 173 Å². The Morgan fingerprint density at radius 1 is 1.19 bits per heavy atom. The molecule has 2 amide bonds. The number of hydrogen-bond acceptors (Lipinski definition) is 9. The Morgan fingerprint density at radius 3 is 2.52 bits per heavy atom. The lowest BCUT2D eigenvalue weighted by atomic mass is 10.2. The maximum Gasteiger partial charge on any atom is 0.316 e. The Hall–Kier alpha value is -2.55. The van der Waals surface area contributed by atoms with Crippen molar-refractivity contribution in [3.05, 3.63) is 42.0 Å². The molecule has 2 aromatic carbocycles. The van der Waals surface area contributed by atoms with Crippen molar-refractivity contribution >= 4 is 45.3 Å². The smallest absolute Gasteiger partial charge is 0.316 e. The van der Waals surface area contributed by atoms with Gasteiger partial charge in [0.15, 0.2) is 0 Å². The van der Waals surface area contributed by atoms with Crippen LogP contribution in [0.4, 0.5) is 21.9 Å². The van der Waals surface area contributed by atoms with Gasteiger partial charge in [-0.1, -0.05) is 11.1 Å². The highest BCUT2D eigenvalue weighted by Crippen LogP contribution is 2.33. The van der Waals surface area contributed by atoms with Crippen LogP contribution in [0.1, 0.15) is 5.56 Å². The van der Waals surface area contributed by atoms with Crippen molar-refractivity contribution in [2.45, 2.75) is 16.7 Å². The van der Waals surface area contributed by atoms with Crippen LogP contribution in [0.15, 0.2) is 56.4 Å². The standard InChI is InChI=1S/C14H14N4O7S2/c1-8-2-4-10(11(6-8)16-14(15)19)17-18-12-7-9(26-25-24-20)3-5-13(12)27(21,22)23/h2-7,20H,1H3,(H3,15,16,19)(H,21,22,23). The minimum atomic E-state index is -4.59. The molecule has 13 heteroatoms. The largest absolute Gasteiger partial charge is 0.351 e. The van der Waals surface area contributed by atoms with Crippen molar-refractivity contribution in [1.29, 1.82) is 0 Å². The number of nitrogens with one attached hydrogen (secondary N) is 1. The fourth-order valence-electron chi connectivity index (χ4n) is 1.98. The molecular weight excluding hydrogens is 400 g/mol. The van der Waals surface area contributed by atoms with Crippen molar-refractivity contribution in [2.24, 2.45) is 16.0 Å². The van der Waals surface area contributed by atoms with Gasteiger partial charge in [-0.15, -0.1) is 14.6 Å². The predicted octanol–water partition coefficient (Wildman–Crippen LogP) is 3.58. The summed E-state index contributed by atoms with van der Waals surface area (Å²) in [6.07, 6.45) is 0. The first kappa shape index (κ1) is 20.8. The summed E-state index contributed by atoms with van der Waals surface area (Å²) in [6, 6.07) is 7.62. The predicted molar refractivity (Wildman–Crippen MR) is 95.5 cm³/mol. The van der Waals surface area contributed by atoms with Crippen molar-refractivity contribution in [1.82, 2.24) is 0 Å². The van der Waals surface area contributed by atoms with Crippen LogP contribution in [-0.4, -0.2) is 24.3 Å². The van der Waals surface area contributed by atoms with Gasteiger partial charge in [0.1, 0.15) is 16.3 Å². The van der Waals surface area contributed by atoms with E-state index in [0.717, 1.165) is 11.6 Å². The lowest BCUT2D eigenvalue weighted by Gasteiger charge is -2.07. The minimum Gasteiger partial charge on any atom is -0.351 e. The molecule has 27 heavy (non-hydrogen) atoms. The highest BCUT2D eigenvalue weighted by molar-refractivity contribution is 7.94. The number of hydrogen-bond donors (Lipinski definition) is 4. The van der Waals surface area contributed by atoms with Gasteiger partial charge in [0.2, 0.25) is 0 Å². The molecule has 144 valence electrons. The number of anilines is 1. The zero-order chi connectivity index (χ0) is 20.0. The number of azo groups is 1. The number of amides is 2. The molecule has 2 rings (SSSR count). The van der Waals surface area contributed by atoms with E-state index in [2.05, 4.69) is 24.9 Å². The van der Waals surface area contributed by atoms with Gasteiger partial charge in [-0.25, -0.2) is 10.1 Å². The zero-order valence-electron chi connectivity index (χ0n) is 13.7. The van der Waals surface area contributed by atoms with E-state index < -0.39 is 21.0 Å². The zero-order valence-corrected chi connectivity index (χ0v) is 15.3.